The van der Waals surface area contributed by atoms with E-state index in [1.807, 2.05) is 10.9 Å². The van der Waals surface area contributed by atoms with Crippen LogP contribution in [0.4, 0.5) is 5.82 Å². The van der Waals surface area contributed by atoms with Crippen LogP contribution in [0, 0.1) is 6.92 Å². The summed E-state index contributed by atoms with van der Waals surface area (Å²) < 4.78 is 3.14. The van der Waals surface area contributed by atoms with Crippen molar-refractivity contribution in [2.24, 2.45) is 0 Å². The smallest absolute Gasteiger partial charge is 0.150 e. The Morgan fingerprint density at radius 3 is 2.88 bits per heavy atom. The van der Waals surface area contributed by atoms with Crippen LogP contribution in [0.1, 0.15) is 37.1 Å². The van der Waals surface area contributed by atoms with Crippen LogP contribution in [0.3, 0.4) is 0 Å². The minimum Gasteiger partial charge on any atom is -0.393 e. The maximum absolute atomic E-state index is 9.48. The van der Waals surface area contributed by atoms with E-state index < -0.39 is 0 Å². The first-order valence-electron chi connectivity index (χ1n) is 8.64. The zero-order chi connectivity index (χ0) is 17.4. The third kappa shape index (κ3) is 3.23. The molecule has 1 saturated heterocycles. The van der Waals surface area contributed by atoms with Crippen LogP contribution >= 0.6 is 11.3 Å². The topological polar surface area (TPSA) is 80.0 Å². The predicted octanol–water partition coefficient (Wildman–Crippen LogP) is 2.36. The monoisotopic (exact) mass is 358 g/mol. The van der Waals surface area contributed by atoms with E-state index in [0.717, 1.165) is 43.0 Å². The van der Waals surface area contributed by atoms with Crippen LogP contribution in [0.2, 0.25) is 0 Å². The summed E-state index contributed by atoms with van der Waals surface area (Å²) in [4.78, 5) is 11.3. The molecule has 0 aliphatic carbocycles. The van der Waals surface area contributed by atoms with E-state index >= 15 is 0 Å². The molecule has 0 amide bonds. The molecule has 1 N–H and O–H groups in total. The molecule has 0 bridgehead atoms. The first-order valence-corrected chi connectivity index (χ1v) is 9.52. The number of thiophene rings is 1. The second-order valence-corrected chi connectivity index (χ2v) is 7.63. The van der Waals surface area contributed by atoms with Crippen molar-refractivity contribution in [1.82, 2.24) is 25.0 Å². The minimum absolute atomic E-state index is 0.355. The van der Waals surface area contributed by atoms with Gasteiger partial charge in [-0.1, -0.05) is 5.21 Å². The van der Waals surface area contributed by atoms with E-state index in [4.69, 9.17) is 0 Å². The summed E-state index contributed by atoms with van der Waals surface area (Å²) in [5.41, 5.74) is 3.13. The summed E-state index contributed by atoms with van der Waals surface area (Å²) in [7, 11) is 0. The Balaban J connectivity index is 1.47. The lowest BCUT2D eigenvalue weighted by Crippen LogP contribution is -2.35. The van der Waals surface area contributed by atoms with Crippen molar-refractivity contribution in [2.45, 2.75) is 45.3 Å². The van der Waals surface area contributed by atoms with Gasteiger partial charge in [0.05, 0.1) is 28.1 Å². The van der Waals surface area contributed by atoms with E-state index in [-0.39, 0.29) is 6.10 Å². The van der Waals surface area contributed by atoms with Crippen LogP contribution in [-0.2, 0) is 6.42 Å². The van der Waals surface area contributed by atoms with Gasteiger partial charge in [0.2, 0.25) is 0 Å². The number of nitrogens with zero attached hydrogens (tertiary/aromatic N) is 6. The standard InChI is InChI=1S/C17H22N6OS/c1-11-9-25-16-15(11)18-10-19-17(16)22-5-3-14(4-6-22)23-8-13(20-21-23)7-12(2)24/h8-10,12,14,24H,3-7H2,1-2H3. The predicted molar refractivity (Wildman–Crippen MR) is 98.0 cm³/mol. The van der Waals surface area contributed by atoms with Crippen LogP contribution < -0.4 is 4.90 Å². The van der Waals surface area contributed by atoms with Gasteiger partial charge in [-0.3, -0.25) is 0 Å². The van der Waals surface area contributed by atoms with Crippen molar-refractivity contribution < 1.29 is 5.11 Å². The molecule has 3 aromatic heterocycles. The molecule has 4 rings (SSSR count). The number of aromatic nitrogens is 5. The molecule has 1 fully saturated rings. The van der Waals surface area contributed by atoms with Crippen molar-refractivity contribution in [1.29, 1.82) is 0 Å². The second kappa shape index (κ2) is 6.68. The van der Waals surface area contributed by atoms with E-state index in [2.05, 4.69) is 37.5 Å². The molecular weight excluding hydrogens is 336 g/mol. The Morgan fingerprint density at radius 1 is 1.32 bits per heavy atom. The molecule has 0 saturated carbocycles. The highest BCUT2D eigenvalue weighted by Crippen LogP contribution is 2.33. The number of aliphatic hydroxyl groups is 1. The van der Waals surface area contributed by atoms with Crippen molar-refractivity contribution in [2.75, 3.05) is 18.0 Å². The molecule has 1 aliphatic heterocycles. The molecule has 0 radical (unpaired) electrons. The van der Waals surface area contributed by atoms with E-state index in [0.29, 0.717) is 12.5 Å². The highest BCUT2D eigenvalue weighted by atomic mass is 32.1. The first kappa shape index (κ1) is 16.4. The van der Waals surface area contributed by atoms with Gasteiger partial charge in [-0.2, -0.15) is 0 Å². The highest BCUT2D eigenvalue weighted by Gasteiger charge is 2.24. The summed E-state index contributed by atoms with van der Waals surface area (Å²) in [6.45, 7) is 5.75. The van der Waals surface area contributed by atoms with Gasteiger partial charge in [-0.05, 0) is 37.6 Å². The SMILES string of the molecule is Cc1csc2c(N3CCC(n4cc(CC(C)O)nn4)CC3)ncnc12. The maximum Gasteiger partial charge on any atom is 0.150 e. The number of hydrogen-bond acceptors (Lipinski definition) is 7. The Kier molecular flexibility index (Phi) is 4.39. The zero-order valence-corrected chi connectivity index (χ0v) is 15.3. The van der Waals surface area contributed by atoms with Crippen molar-refractivity contribution >= 4 is 27.4 Å². The summed E-state index contributed by atoms with van der Waals surface area (Å²) >= 11 is 1.72. The zero-order valence-electron chi connectivity index (χ0n) is 14.5. The van der Waals surface area contributed by atoms with Gasteiger partial charge in [0.1, 0.15) is 12.1 Å². The largest absolute Gasteiger partial charge is 0.393 e. The Hall–Kier alpha value is -2.06. The molecule has 4 heterocycles. The summed E-state index contributed by atoms with van der Waals surface area (Å²) in [5.74, 6) is 1.05. The van der Waals surface area contributed by atoms with Crippen LogP contribution in [0.25, 0.3) is 10.2 Å². The third-order valence-corrected chi connectivity index (χ3v) is 5.80. The minimum atomic E-state index is -0.388. The molecule has 132 valence electrons. The van der Waals surface area contributed by atoms with Gasteiger partial charge in [0.15, 0.2) is 0 Å². The number of piperidine rings is 1. The lowest BCUT2D eigenvalue weighted by Gasteiger charge is -2.32. The first-order chi connectivity index (χ1) is 12.1. The van der Waals surface area contributed by atoms with Crippen LogP contribution in [0.5, 0.6) is 0 Å². The quantitative estimate of drug-likeness (QED) is 0.771. The van der Waals surface area contributed by atoms with Gasteiger partial charge in [0.25, 0.3) is 0 Å². The number of rotatable bonds is 4. The number of aryl methyl sites for hydroxylation is 1. The fraction of sp³-hybridized carbons (Fsp3) is 0.529. The number of anilines is 1. The number of aliphatic hydroxyl groups excluding tert-OH is 1. The average molecular weight is 358 g/mol. The summed E-state index contributed by atoms with van der Waals surface area (Å²) in [5, 5.41) is 20.1. The van der Waals surface area contributed by atoms with Crippen molar-refractivity contribution in [3.05, 3.63) is 29.2 Å². The average Bonchev–Trinajstić information content (AvgIpc) is 3.22. The van der Waals surface area contributed by atoms with Gasteiger partial charge < -0.3 is 10.0 Å². The molecular formula is C17H22N6OS. The molecule has 1 unspecified atom stereocenters. The second-order valence-electron chi connectivity index (χ2n) is 6.75. The van der Waals surface area contributed by atoms with Gasteiger partial charge in [-0.25, -0.2) is 14.6 Å². The maximum atomic E-state index is 9.48. The summed E-state index contributed by atoms with van der Waals surface area (Å²) in [6, 6.07) is 0.355. The molecule has 8 heteroatoms. The van der Waals surface area contributed by atoms with Crippen molar-refractivity contribution in [3.8, 4) is 0 Å². The van der Waals surface area contributed by atoms with Gasteiger partial charge in [0, 0.05) is 25.7 Å². The Bertz CT molecular complexity index is 865. The van der Waals surface area contributed by atoms with E-state index in [9.17, 15) is 5.11 Å². The molecule has 0 aromatic carbocycles. The Morgan fingerprint density at radius 2 is 2.12 bits per heavy atom. The molecule has 1 atom stereocenters. The molecule has 3 aromatic rings. The lowest BCUT2D eigenvalue weighted by molar-refractivity contribution is 0.194. The normalized spacial score (nSPS) is 17.3. The molecule has 7 nitrogen and oxygen atoms in total. The fourth-order valence-corrected chi connectivity index (χ4v) is 4.43. The van der Waals surface area contributed by atoms with Crippen LogP contribution in [-0.4, -0.2) is 49.3 Å². The van der Waals surface area contributed by atoms with Gasteiger partial charge >= 0.3 is 0 Å². The van der Waals surface area contributed by atoms with Crippen LogP contribution in [0.15, 0.2) is 17.9 Å². The number of hydrogen-bond donors (Lipinski definition) is 1. The van der Waals surface area contributed by atoms with Crippen molar-refractivity contribution in [3.63, 3.8) is 0 Å². The fourth-order valence-electron chi connectivity index (χ4n) is 3.41. The van der Waals surface area contributed by atoms with E-state index in [1.165, 1.54) is 10.3 Å². The molecule has 25 heavy (non-hydrogen) atoms. The molecule has 0 spiro atoms. The lowest BCUT2D eigenvalue weighted by atomic mass is 10.1. The molecule has 1 aliphatic rings. The third-order valence-electron chi connectivity index (χ3n) is 4.71. The number of fused-ring (bicyclic) bond motifs is 1. The van der Waals surface area contributed by atoms with Gasteiger partial charge in [-0.15, -0.1) is 16.4 Å². The highest BCUT2D eigenvalue weighted by molar-refractivity contribution is 7.18. The van der Waals surface area contributed by atoms with E-state index in [1.54, 1.807) is 24.6 Å². The summed E-state index contributed by atoms with van der Waals surface area (Å²) in [6.07, 6.45) is 5.82. The Labute approximate surface area is 150 Å².